The molecule has 5 heteroatoms. The number of ether oxygens (including phenoxy) is 2. The number of aliphatic hydroxyl groups excluding tert-OH is 1. The fourth-order valence-electron chi connectivity index (χ4n) is 2.28. The van der Waals surface area contributed by atoms with Crippen molar-refractivity contribution < 1.29 is 19.4 Å². The molecule has 0 heterocycles. The number of carbonyl (C=O) groups excluding carboxylic acids is 1. The van der Waals surface area contributed by atoms with Crippen molar-refractivity contribution in [3.63, 3.8) is 0 Å². The summed E-state index contributed by atoms with van der Waals surface area (Å²) in [5.74, 6) is 0.679. The van der Waals surface area contributed by atoms with E-state index in [0.29, 0.717) is 13.0 Å². The maximum Gasteiger partial charge on any atom is 0.224 e. The molecular formula is C20H25NO4. The van der Waals surface area contributed by atoms with Crippen LogP contribution in [-0.4, -0.2) is 37.4 Å². The molecule has 0 aromatic heterocycles. The zero-order valence-corrected chi connectivity index (χ0v) is 14.7. The Bertz CT molecular complexity index is 652. The second-order valence-corrected chi connectivity index (χ2v) is 5.98. The van der Waals surface area contributed by atoms with Crippen molar-refractivity contribution in [2.24, 2.45) is 0 Å². The molecule has 2 rings (SSSR count). The third kappa shape index (κ3) is 6.95. The monoisotopic (exact) mass is 343 g/mol. The molecule has 0 radical (unpaired) electrons. The summed E-state index contributed by atoms with van der Waals surface area (Å²) in [7, 11) is 1.62. The number of hydrogen-bond donors (Lipinski definition) is 2. The summed E-state index contributed by atoms with van der Waals surface area (Å²) in [6.07, 6.45) is -0.431. The summed E-state index contributed by atoms with van der Waals surface area (Å²) in [6.45, 7) is 2.74. The molecule has 2 aromatic carbocycles. The first-order valence-corrected chi connectivity index (χ1v) is 8.28. The SMILES string of the molecule is COc1ccc(COC[C@H](O)CNC(=O)Cc2ccc(C)cc2)cc1. The lowest BCUT2D eigenvalue weighted by Gasteiger charge is -2.13. The van der Waals surface area contributed by atoms with Gasteiger partial charge in [0.1, 0.15) is 5.75 Å². The molecule has 0 fully saturated rings. The molecule has 0 aliphatic carbocycles. The topological polar surface area (TPSA) is 67.8 Å². The summed E-state index contributed by atoms with van der Waals surface area (Å²) in [5, 5.41) is 12.6. The molecule has 5 nitrogen and oxygen atoms in total. The molecular weight excluding hydrogens is 318 g/mol. The minimum Gasteiger partial charge on any atom is -0.497 e. The van der Waals surface area contributed by atoms with Crippen molar-refractivity contribution in [1.82, 2.24) is 5.32 Å². The van der Waals surface area contributed by atoms with Crippen molar-refractivity contribution in [1.29, 1.82) is 0 Å². The Morgan fingerprint density at radius 3 is 2.36 bits per heavy atom. The lowest BCUT2D eigenvalue weighted by molar-refractivity contribution is -0.121. The van der Waals surface area contributed by atoms with E-state index in [2.05, 4.69) is 5.32 Å². The van der Waals surface area contributed by atoms with Gasteiger partial charge in [0, 0.05) is 6.54 Å². The van der Waals surface area contributed by atoms with Crippen LogP contribution in [0.25, 0.3) is 0 Å². The molecule has 25 heavy (non-hydrogen) atoms. The number of aliphatic hydroxyl groups is 1. The minimum absolute atomic E-state index is 0.113. The van der Waals surface area contributed by atoms with Gasteiger partial charge in [-0.15, -0.1) is 0 Å². The Hall–Kier alpha value is -2.37. The smallest absolute Gasteiger partial charge is 0.224 e. The van der Waals surface area contributed by atoms with E-state index in [1.165, 1.54) is 0 Å². The summed E-state index contributed by atoms with van der Waals surface area (Å²) < 4.78 is 10.6. The van der Waals surface area contributed by atoms with E-state index in [4.69, 9.17) is 9.47 Å². The van der Waals surface area contributed by atoms with Gasteiger partial charge < -0.3 is 19.9 Å². The second kappa shape index (κ2) is 9.81. The van der Waals surface area contributed by atoms with Gasteiger partial charge in [0.25, 0.3) is 0 Å². The molecule has 0 saturated heterocycles. The second-order valence-electron chi connectivity index (χ2n) is 5.98. The molecule has 2 N–H and O–H groups in total. The third-order valence-electron chi connectivity index (χ3n) is 3.76. The summed E-state index contributed by atoms with van der Waals surface area (Å²) in [5.41, 5.74) is 3.11. The van der Waals surface area contributed by atoms with E-state index >= 15 is 0 Å². The van der Waals surface area contributed by atoms with Crippen LogP contribution >= 0.6 is 0 Å². The van der Waals surface area contributed by atoms with Gasteiger partial charge >= 0.3 is 0 Å². The molecule has 0 aliphatic rings. The Kier molecular flexibility index (Phi) is 7.44. The largest absolute Gasteiger partial charge is 0.497 e. The average molecular weight is 343 g/mol. The number of nitrogens with one attached hydrogen (secondary N) is 1. The number of aryl methyl sites for hydroxylation is 1. The van der Waals surface area contributed by atoms with Gasteiger partial charge in [-0.25, -0.2) is 0 Å². The lowest BCUT2D eigenvalue weighted by Crippen LogP contribution is -2.35. The van der Waals surface area contributed by atoms with Crippen molar-refractivity contribution in [3.8, 4) is 5.75 Å². The number of carbonyl (C=O) groups is 1. The zero-order chi connectivity index (χ0) is 18.1. The predicted octanol–water partition coefficient (Wildman–Crippen LogP) is 2.24. The van der Waals surface area contributed by atoms with E-state index in [9.17, 15) is 9.90 Å². The fourth-order valence-corrected chi connectivity index (χ4v) is 2.28. The Balaban J connectivity index is 1.63. The van der Waals surface area contributed by atoms with Gasteiger partial charge in [0.05, 0.1) is 32.8 Å². The van der Waals surface area contributed by atoms with Crippen LogP contribution in [0.15, 0.2) is 48.5 Å². The maximum absolute atomic E-state index is 11.9. The van der Waals surface area contributed by atoms with Crippen LogP contribution in [0.2, 0.25) is 0 Å². The summed E-state index contributed by atoms with van der Waals surface area (Å²) >= 11 is 0. The van der Waals surface area contributed by atoms with Crippen molar-refractivity contribution in [3.05, 3.63) is 65.2 Å². The molecule has 0 saturated carbocycles. The van der Waals surface area contributed by atoms with E-state index in [1.54, 1.807) is 7.11 Å². The predicted molar refractivity (Wildman–Crippen MR) is 96.5 cm³/mol. The van der Waals surface area contributed by atoms with Gasteiger partial charge in [-0.05, 0) is 30.2 Å². The van der Waals surface area contributed by atoms with Gasteiger partial charge in [-0.1, -0.05) is 42.0 Å². The van der Waals surface area contributed by atoms with Crippen molar-refractivity contribution in [2.45, 2.75) is 26.1 Å². The molecule has 0 spiro atoms. The van der Waals surface area contributed by atoms with Gasteiger partial charge in [0.15, 0.2) is 0 Å². The first kappa shape index (κ1) is 19.0. The summed E-state index contributed by atoms with van der Waals surface area (Å²) in [4.78, 5) is 11.9. The third-order valence-corrected chi connectivity index (χ3v) is 3.76. The Morgan fingerprint density at radius 2 is 1.72 bits per heavy atom. The van der Waals surface area contributed by atoms with Crippen molar-refractivity contribution >= 4 is 5.91 Å². The van der Waals surface area contributed by atoms with E-state index in [1.807, 2.05) is 55.5 Å². The standard InChI is InChI=1S/C20H25NO4/c1-15-3-5-16(6-4-15)11-20(23)21-12-18(22)14-25-13-17-7-9-19(24-2)10-8-17/h3-10,18,22H,11-14H2,1-2H3,(H,21,23)/t18-/m1/s1. The molecule has 1 atom stereocenters. The molecule has 1 amide bonds. The van der Waals surface area contributed by atoms with Crippen LogP contribution < -0.4 is 10.1 Å². The maximum atomic E-state index is 11.9. The normalized spacial score (nSPS) is 11.8. The van der Waals surface area contributed by atoms with E-state index < -0.39 is 6.10 Å². The lowest BCUT2D eigenvalue weighted by atomic mass is 10.1. The van der Waals surface area contributed by atoms with E-state index in [0.717, 1.165) is 22.4 Å². The van der Waals surface area contributed by atoms with Crippen LogP contribution in [0.4, 0.5) is 0 Å². The number of methoxy groups -OCH3 is 1. The van der Waals surface area contributed by atoms with Crippen LogP contribution in [0.1, 0.15) is 16.7 Å². The van der Waals surface area contributed by atoms with Gasteiger partial charge in [0.2, 0.25) is 5.91 Å². The van der Waals surface area contributed by atoms with Gasteiger partial charge in [-0.3, -0.25) is 4.79 Å². The number of hydrogen-bond acceptors (Lipinski definition) is 4. The number of amides is 1. The number of rotatable bonds is 9. The molecule has 0 bridgehead atoms. The Labute approximate surface area is 148 Å². The highest BCUT2D eigenvalue weighted by Gasteiger charge is 2.08. The Morgan fingerprint density at radius 1 is 1.08 bits per heavy atom. The molecule has 2 aromatic rings. The first-order valence-electron chi connectivity index (χ1n) is 8.28. The van der Waals surface area contributed by atoms with Crippen LogP contribution in [0.5, 0.6) is 5.75 Å². The highest BCUT2D eigenvalue weighted by atomic mass is 16.5. The average Bonchev–Trinajstić information content (AvgIpc) is 2.62. The van der Waals surface area contributed by atoms with Crippen LogP contribution in [0.3, 0.4) is 0 Å². The minimum atomic E-state index is -0.736. The fraction of sp³-hybridized carbons (Fsp3) is 0.350. The van der Waals surface area contributed by atoms with Crippen LogP contribution in [-0.2, 0) is 22.6 Å². The van der Waals surface area contributed by atoms with Crippen LogP contribution in [0, 0.1) is 6.92 Å². The molecule has 134 valence electrons. The summed E-state index contributed by atoms with van der Waals surface area (Å²) in [6, 6.07) is 15.4. The van der Waals surface area contributed by atoms with E-state index in [-0.39, 0.29) is 19.1 Å². The molecule has 0 aliphatic heterocycles. The highest BCUT2D eigenvalue weighted by Crippen LogP contribution is 2.12. The quantitative estimate of drug-likeness (QED) is 0.733. The molecule has 0 unspecified atom stereocenters. The number of benzene rings is 2. The van der Waals surface area contributed by atoms with Gasteiger partial charge in [-0.2, -0.15) is 0 Å². The van der Waals surface area contributed by atoms with Crippen molar-refractivity contribution in [2.75, 3.05) is 20.3 Å². The zero-order valence-electron chi connectivity index (χ0n) is 14.7. The highest BCUT2D eigenvalue weighted by molar-refractivity contribution is 5.78. The first-order chi connectivity index (χ1) is 12.1.